The summed E-state index contributed by atoms with van der Waals surface area (Å²) in [5.41, 5.74) is 1.02. The molecule has 5 heteroatoms. The van der Waals surface area contributed by atoms with Crippen molar-refractivity contribution in [3.05, 3.63) is 17.7 Å². The van der Waals surface area contributed by atoms with E-state index >= 15 is 0 Å². The van der Waals surface area contributed by atoms with Crippen LogP contribution in [0.4, 0.5) is 0 Å². The first kappa shape index (κ1) is 15.9. The Bertz CT molecular complexity index is 452. The van der Waals surface area contributed by atoms with Gasteiger partial charge in [0.1, 0.15) is 17.2 Å². The van der Waals surface area contributed by atoms with E-state index in [1.54, 1.807) is 21.3 Å². The van der Waals surface area contributed by atoms with E-state index < -0.39 is 0 Å². The van der Waals surface area contributed by atoms with Crippen molar-refractivity contribution in [2.45, 2.75) is 25.5 Å². The second kappa shape index (κ2) is 7.00. The van der Waals surface area contributed by atoms with E-state index in [0.29, 0.717) is 12.0 Å². The molecule has 21 heavy (non-hydrogen) atoms. The summed E-state index contributed by atoms with van der Waals surface area (Å²) in [5.74, 6) is 2.65. The van der Waals surface area contributed by atoms with Crippen molar-refractivity contribution in [2.75, 3.05) is 35.0 Å². The molecule has 0 bridgehead atoms. The van der Waals surface area contributed by atoms with E-state index in [1.807, 2.05) is 19.2 Å². The Kier molecular flexibility index (Phi) is 5.31. The van der Waals surface area contributed by atoms with Gasteiger partial charge in [0.25, 0.3) is 0 Å². The van der Waals surface area contributed by atoms with E-state index in [2.05, 4.69) is 12.2 Å². The summed E-state index contributed by atoms with van der Waals surface area (Å²) in [6.45, 7) is 2.85. The van der Waals surface area contributed by atoms with Gasteiger partial charge in [0.05, 0.1) is 39.6 Å². The minimum absolute atomic E-state index is 0.116. The maximum Gasteiger partial charge on any atom is 0.131 e. The van der Waals surface area contributed by atoms with Gasteiger partial charge < -0.3 is 24.3 Å². The van der Waals surface area contributed by atoms with Gasteiger partial charge in [-0.3, -0.25) is 0 Å². The molecule has 0 radical (unpaired) electrons. The molecule has 2 rings (SSSR count). The van der Waals surface area contributed by atoms with Gasteiger partial charge in [-0.05, 0) is 20.4 Å². The molecule has 1 fully saturated rings. The van der Waals surface area contributed by atoms with Gasteiger partial charge in [-0.1, -0.05) is 0 Å². The minimum atomic E-state index is 0.116. The zero-order chi connectivity index (χ0) is 15.4. The SMILES string of the molecule is CNC(c1c(OC)cc(OC)cc1OC)C1COC(C)C1. The fourth-order valence-corrected chi connectivity index (χ4v) is 3.04. The number of methoxy groups -OCH3 is 3. The van der Waals surface area contributed by atoms with Crippen LogP contribution in [0.2, 0.25) is 0 Å². The van der Waals surface area contributed by atoms with Crippen LogP contribution < -0.4 is 19.5 Å². The maximum absolute atomic E-state index is 5.72. The highest BCUT2D eigenvalue weighted by Gasteiger charge is 2.33. The Morgan fingerprint density at radius 2 is 1.76 bits per heavy atom. The van der Waals surface area contributed by atoms with E-state index in [1.165, 1.54) is 0 Å². The van der Waals surface area contributed by atoms with Crippen LogP contribution >= 0.6 is 0 Å². The third-order valence-electron chi connectivity index (χ3n) is 4.08. The molecule has 1 aromatic carbocycles. The van der Waals surface area contributed by atoms with Crippen molar-refractivity contribution in [3.63, 3.8) is 0 Å². The molecule has 1 heterocycles. The summed E-state index contributed by atoms with van der Waals surface area (Å²) in [6, 6.07) is 3.90. The standard InChI is InChI=1S/C16H25NO4/c1-10-6-11(9-21-10)16(17-2)15-13(19-4)7-12(18-3)8-14(15)20-5/h7-8,10-11,16-17H,6,9H2,1-5H3. The first-order chi connectivity index (χ1) is 10.1. The molecule has 1 saturated heterocycles. The molecule has 0 aliphatic carbocycles. The minimum Gasteiger partial charge on any atom is -0.496 e. The second-order valence-corrected chi connectivity index (χ2v) is 5.35. The average molecular weight is 295 g/mol. The van der Waals surface area contributed by atoms with Crippen LogP contribution in [0.1, 0.15) is 24.9 Å². The van der Waals surface area contributed by atoms with Crippen molar-refractivity contribution < 1.29 is 18.9 Å². The number of hydrogen-bond donors (Lipinski definition) is 1. The van der Waals surface area contributed by atoms with Crippen LogP contribution in [-0.4, -0.2) is 41.1 Å². The quantitative estimate of drug-likeness (QED) is 0.873. The Hall–Kier alpha value is -1.46. The van der Waals surface area contributed by atoms with Crippen LogP contribution in [0.3, 0.4) is 0 Å². The number of rotatable bonds is 6. The highest BCUT2D eigenvalue weighted by molar-refractivity contribution is 5.52. The summed E-state index contributed by atoms with van der Waals surface area (Å²) in [6.07, 6.45) is 1.31. The number of hydrogen-bond acceptors (Lipinski definition) is 5. The molecule has 0 saturated carbocycles. The third-order valence-corrected chi connectivity index (χ3v) is 4.08. The zero-order valence-corrected chi connectivity index (χ0v) is 13.4. The van der Waals surface area contributed by atoms with E-state index in [-0.39, 0.29) is 6.04 Å². The Balaban J connectivity index is 2.43. The molecule has 1 aliphatic rings. The van der Waals surface area contributed by atoms with Gasteiger partial charge in [0.15, 0.2) is 0 Å². The maximum atomic E-state index is 5.72. The largest absolute Gasteiger partial charge is 0.496 e. The molecule has 1 aliphatic heterocycles. The highest BCUT2D eigenvalue weighted by Crippen LogP contribution is 2.43. The van der Waals surface area contributed by atoms with Crippen molar-refractivity contribution >= 4 is 0 Å². The lowest BCUT2D eigenvalue weighted by Crippen LogP contribution is -2.26. The first-order valence-corrected chi connectivity index (χ1v) is 7.23. The van der Waals surface area contributed by atoms with Gasteiger partial charge in [-0.2, -0.15) is 0 Å². The van der Waals surface area contributed by atoms with Crippen LogP contribution in [-0.2, 0) is 4.74 Å². The van der Waals surface area contributed by atoms with Gasteiger partial charge in [-0.25, -0.2) is 0 Å². The van der Waals surface area contributed by atoms with Crippen LogP contribution in [0, 0.1) is 5.92 Å². The van der Waals surface area contributed by atoms with Gasteiger partial charge in [-0.15, -0.1) is 0 Å². The molecule has 0 spiro atoms. The Labute approximate surface area is 126 Å². The number of ether oxygens (including phenoxy) is 4. The Morgan fingerprint density at radius 1 is 1.14 bits per heavy atom. The molecule has 1 aromatic rings. The lowest BCUT2D eigenvalue weighted by atomic mass is 9.89. The lowest BCUT2D eigenvalue weighted by Gasteiger charge is -2.26. The van der Waals surface area contributed by atoms with Gasteiger partial charge in [0.2, 0.25) is 0 Å². The summed E-state index contributed by atoms with van der Waals surface area (Å²) in [4.78, 5) is 0. The highest BCUT2D eigenvalue weighted by atomic mass is 16.5. The van der Waals surface area contributed by atoms with Gasteiger partial charge in [0, 0.05) is 24.1 Å². The first-order valence-electron chi connectivity index (χ1n) is 7.23. The van der Waals surface area contributed by atoms with Crippen LogP contribution in [0.15, 0.2) is 12.1 Å². The summed E-state index contributed by atoms with van der Waals surface area (Å²) >= 11 is 0. The Morgan fingerprint density at radius 3 is 2.14 bits per heavy atom. The number of nitrogens with one attached hydrogen (secondary N) is 1. The predicted molar refractivity (Wildman–Crippen MR) is 81.4 cm³/mol. The smallest absolute Gasteiger partial charge is 0.131 e. The molecule has 118 valence electrons. The monoisotopic (exact) mass is 295 g/mol. The van der Waals surface area contributed by atoms with Crippen LogP contribution in [0.5, 0.6) is 17.2 Å². The lowest BCUT2D eigenvalue weighted by molar-refractivity contribution is 0.117. The molecule has 3 unspecified atom stereocenters. The van der Waals surface area contributed by atoms with Crippen LogP contribution in [0.25, 0.3) is 0 Å². The van der Waals surface area contributed by atoms with E-state index in [4.69, 9.17) is 18.9 Å². The molecule has 3 atom stereocenters. The number of benzene rings is 1. The summed E-state index contributed by atoms with van der Waals surface area (Å²) in [5, 5.41) is 3.39. The topological polar surface area (TPSA) is 49.0 Å². The van der Waals surface area contributed by atoms with Crippen molar-refractivity contribution in [3.8, 4) is 17.2 Å². The summed E-state index contributed by atoms with van der Waals surface area (Å²) in [7, 11) is 6.92. The molecular formula is C16H25NO4. The molecule has 0 aromatic heterocycles. The van der Waals surface area contributed by atoms with Gasteiger partial charge >= 0.3 is 0 Å². The van der Waals surface area contributed by atoms with Crippen molar-refractivity contribution in [1.82, 2.24) is 5.32 Å². The fraction of sp³-hybridized carbons (Fsp3) is 0.625. The van der Waals surface area contributed by atoms with E-state index in [0.717, 1.165) is 35.8 Å². The fourth-order valence-electron chi connectivity index (χ4n) is 3.04. The predicted octanol–water partition coefficient (Wildman–Crippen LogP) is 2.40. The normalized spacial score (nSPS) is 22.9. The third kappa shape index (κ3) is 3.24. The summed E-state index contributed by atoms with van der Waals surface area (Å²) < 4.78 is 22.1. The molecular weight excluding hydrogens is 270 g/mol. The molecule has 0 amide bonds. The molecule has 5 nitrogen and oxygen atoms in total. The van der Waals surface area contributed by atoms with Crippen molar-refractivity contribution in [1.29, 1.82) is 0 Å². The second-order valence-electron chi connectivity index (χ2n) is 5.35. The van der Waals surface area contributed by atoms with Crippen molar-refractivity contribution in [2.24, 2.45) is 5.92 Å². The molecule has 1 N–H and O–H groups in total. The van der Waals surface area contributed by atoms with E-state index in [9.17, 15) is 0 Å². The zero-order valence-electron chi connectivity index (χ0n) is 13.4. The average Bonchev–Trinajstić information content (AvgIpc) is 2.94.